The number of methoxy groups -OCH3 is 8. The van der Waals surface area contributed by atoms with Crippen molar-refractivity contribution in [3.8, 4) is 46.0 Å². The first kappa shape index (κ1) is 41.3. The number of nitrogens with two attached hydrogens (primary N) is 4. The van der Waals surface area contributed by atoms with Gasteiger partial charge in [0.25, 0.3) is 0 Å². The molecule has 4 saturated heterocycles. The summed E-state index contributed by atoms with van der Waals surface area (Å²) in [7, 11) is -7.45. The first-order chi connectivity index (χ1) is 81.6. The van der Waals surface area contributed by atoms with Crippen LogP contribution in [-0.2, 0) is 63.6 Å². The number of piperidine rings is 4. The Morgan fingerprint density at radius 1 is 0.350 bits per heavy atom. The van der Waals surface area contributed by atoms with E-state index >= 15 is 0 Å². The molecule has 0 aliphatic carbocycles. The number of hydrogen-bond donors (Lipinski definition) is 4. The highest BCUT2D eigenvalue weighted by Gasteiger charge is 2.47. The molecular weight excluding hydrogens is 1520 g/mol. The number of nitrogens with zero attached hydrogens (tertiary/aromatic N) is 4. The highest BCUT2D eigenvalue weighted by Crippen LogP contribution is 2.50. The van der Waals surface area contributed by atoms with Crippen LogP contribution in [0.5, 0.6) is 46.0 Å². The molecule has 12 unspecified atom stereocenters. The molecule has 672 valence electrons. The summed E-state index contributed by atoms with van der Waals surface area (Å²) in [6.07, 6.45) is -18.8. The minimum absolute atomic E-state index is 0.000900. The number of carbonyl (C=O) groups is 4. The van der Waals surface area contributed by atoms with Gasteiger partial charge in [-0.25, -0.2) is 0 Å². The molecule has 16 atom stereocenters. The lowest BCUT2D eigenvalue weighted by Crippen LogP contribution is -2.51. The Hall–Kier alpha value is -7.16. The van der Waals surface area contributed by atoms with E-state index in [9.17, 15) is 24.7 Å². The molecule has 0 bridgehead atoms. The van der Waals surface area contributed by atoms with Crippen molar-refractivity contribution in [1.82, 2.24) is 19.6 Å². The van der Waals surface area contributed by atoms with Crippen LogP contribution in [0, 0.1) is 70.9 Å². The fourth-order valence-corrected chi connectivity index (χ4v) is 15.4. The van der Waals surface area contributed by atoms with E-state index in [0.29, 0.717) is 6.07 Å². The molecule has 120 heavy (non-hydrogen) atoms. The second kappa shape index (κ2) is 43.9. The second-order valence-corrected chi connectivity index (χ2v) is 31.1. The highest BCUT2D eigenvalue weighted by molar-refractivity contribution is 5.77. The average molecular weight is 1740 g/mol. The first-order valence-electron chi connectivity index (χ1n) is 70.4. The van der Waals surface area contributed by atoms with Crippen LogP contribution in [0.15, 0.2) is 48.5 Å². The molecule has 4 aromatic rings. The number of esters is 4. The Bertz CT molecular complexity index is 6850. The number of aryl methyl sites for hydroxylation is 4. The molecule has 8 N–H and O–H groups in total. The zero-order valence-corrected chi connectivity index (χ0v) is 68.7. The zero-order valence-electron chi connectivity index (χ0n) is 133. The second-order valence-electron chi connectivity index (χ2n) is 31.1. The fourth-order valence-electron chi connectivity index (χ4n) is 15.4. The van der Waals surface area contributed by atoms with Gasteiger partial charge in [0.05, 0.1) is 84.0 Å². The van der Waals surface area contributed by atoms with Crippen LogP contribution >= 0.6 is 0 Å². The quantitative estimate of drug-likeness (QED) is 0.0303. The van der Waals surface area contributed by atoms with Gasteiger partial charge >= 0.3 is 23.9 Å². The van der Waals surface area contributed by atoms with Gasteiger partial charge in [0.15, 0.2) is 46.0 Å². The van der Waals surface area contributed by atoms with Crippen molar-refractivity contribution in [1.29, 1.82) is 0 Å². The molecule has 24 nitrogen and oxygen atoms in total. The number of fused-ring (bicyclic) bond motifs is 12. The molecular formula is C96H152N8O16. The van der Waals surface area contributed by atoms with Crippen LogP contribution in [0.3, 0.4) is 0 Å². The van der Waals surface area contributed by atoms with Gasteiger partial charge in [0.1, 0.15) is 48.5 Å². The lowest BCUT2D eigenvalue weighted by Gasteiger charge is -2.47. The van der Waals surface area contributed by atoms with Crippen molar-refractivity contribution in [3.63, 3.8) is 0 Å². The Morgan fingerprint density at radius 3 is 0.725 bits per heavy atom. The van der Waals surface area contributed by atoms with Crippen molar-refractivity contribution >= 4 is 23.9 Å². The monoisotopic (exact) mass is 1740 g/mol. The number of hydrogen-bond acceptors (Lipinski definition) is 24. The smallest absolute Gasteiger partial charge is 0.323 e. The third-order valence-electron chi connectivity index (χ3n) is 20.9. The van der Waals surface area contributed by atoms with Gasteiger partial charge < -0.3 is 79.8 Å². The standard InChI is InChI=1S/4C24H38N2O4/c4*1-14(2)9-17-13-26-8-7-16-10-21(28-5)22(29-6)11-18(16)19(26)12-20(17)30-24(27)23(25)15(3)4/h4*10-11,14-15,17,19-20,23H,7-9,12-13,25H2,1-6H3/t4*17?,19?,20?,23-/m0000/s1/i3D3,4D3,5D3,6D3,7D2,8D2,15D,19D,23D;3D3,4D3,6D3,7D2,8D2,15D,19D,23D;3D3,4D3,5D3,7D2,8D2,15D,19D,23D;3D3,4D3,7D2,8D2,15D,19D,23D. The predicted octanol–water partition coefficient (Wildman–Crippen LogP) is 14.3. The molecule has 0 saturated carbocycles. The topological polar surface area (TPSA) is 296 Å². The van der Waals surface area contributed by atoms with E-state index in [-0.39, 0.29) is 107 Å². The van der Waals surface area contributed by atoms with Gasteiger partial charge in [-0.2, -0.15) is 0 Å². The largest absolute Gasteiger partial charge is 0.493 e. The number of rotatable bonds is 28. The van der Waals surface area contributed by atoms with Crippen LogP contribution < -0.4 is 60.8 Å². The maximum absolute atomic E-state index is 13.5. The molecule has 8 aliphatic heterocycles. The average Bonchev–Trinajstić information content (AvgIpc) is 0.687. The van der Waals surface area contributed by atoms with Crippen LogP contribution in [0.4, 0.5) is 0 Å². The van der Waals surface area contributed by atoms with Crippen LogP contribution in [0.2, 0.25) is 0 Å². The minimum atomic E-state index is -3.90. The number of ether oxygens (including phenoxy) is 12. The summed E-state index contributed by atoms with van der Waals surface area (Å²) in [5.74, 6) is -29.5. The maximum Gasteiger partial charge on any atom is 0.323 e. The lowest BCUT2D eigenvalue weighted by atomic mass is 9.79. The van der Waals surface area contributed by atoms with Gasteiger partial charge in [-0.3, -0.25) is 38.8 Å². The fraction of sp³-hybridized carbons (Fsp3) is 0.708. The molecule has 0 aromatic heterocycles. The van der Waals surface area contributed by atoms with Crippen molar-refractivity contribution < 1.29 is 164 Å². The molecule has 4 fully saturated rings. The summed E-state index contributed by atoms with van der Waals surface area (Å²) in [4.78, 5) is 57.6. The summed E-state index contributed by atoms with van der Waals surface area (Å²) in [5.41, 5.74) is 20.4. The van der Waals surface area contributed by atoms with E-state index in [1.807, 2.05) is 13.8 Å². The summed E-state index contributed by atoms with van der Waals surface area (Å²) in [5, 5.41) is 0. The molecule has 0 spiro atoms. The normalized spacial score (nSPS) is 41.2. The maximum atomic E-state index is 13.5. The molecule has 12 rings (SSSR count). The van der Waals surface area contributed by atoms with Crippen LogP contribution in [-0.4, -0.2) is 201 Å². The van der Waals surface area contributed by atoms with E-state index in [0.717, 1.165) is 57.0 Å². The molecule has 0 amide bonds. The van der Waals surface area contributed by atoms with Crippen molar-refractivity contribution in [2.24, 2.45) is 93.9 Å². The molecule has 24 heteroatoms. The Kier molecular flexibility index (Phi) is 15.1. The minimum Gasteiger partial charge on any atom is -0.493 e. The van der Waals surface area contributed by atoms with Crippen molar-refractivity contribution in [2.75, 3.05) is 109 Å². The molecule has 8 heterocycles. The third-order valence-corrected chi connectivity index (χ3v) is 20.9. The SMILES string of the molecule is [2H]C([2H])([2H])Oc1cc2c(cc1OC([2H])([2H])[2H])C([2H])([2H])C([2H])([2H])N1CC(CC(C)C)C(OC(=O)[C@@]([2H])(N)C([2H])(C([2H])([2H])[2H])C([2H])([2H])[2H])CC21[2H].[2H]C([2H])([2H])Oc1cc2c(cc1OC)C([2H])([2H])C([2H])([2H])N1CC(CC(C)C)C(OC(=O)[C@@]([2H])(N)C([2H])(C([2H])([2H])[2H])C([2H])([2H])[2H])CC21[2H].[2H]C([2H])([2H])Oc1cc2c(cc1OC)C1([2H])CC(OC(=O)[C@@]([2H])(N)C([2H])(C([2H])([2H])[2H])C([2H])([2H])[2H])C(CC(C)C)CN1C([2H])([2H])C2([2H])[2H].[2H]C12CC(OC(=O)[C@@]([2H])(N)C([2H])(C([2H])([2H])[2H])C([2H])([2H])[2H])C(CC(C)C)CN1C([2H])([2H])C([2H])([2H])c1cc(OC)c(OC)cc12. The lowest BCUT2D eigenvalue weighted by molar-refractivity contribution is -0.161. The van der Waals surface area contributed by atoms with Gasteiger partial charge in [0.2, 0.25) is 0 Å². The zero-order chi connectivity index (χ0) is 143. The van der Waals surface area contributed by atoms with E-state index in [2.05, 4.69) is 0 Å². The van der Waals surface area contributed by atoms with E-state index < -0.39 is 363 Å². The highest BCUT2D eigenvalue weighted by atomic mass is 16.6. The van der Waals surface area contributed by atoms with Crippen molar-refractivity contribution in [2.45, 2.75) is 260 Å². The number of benzene rings is 4. The number of carbonyl (C=O) groups excluding carboxylic acids is 4. The summed E-state index contributed by atoms with van der Waals surface area (Å²) < 4.78 is 584. The van der Waals surface area contributed by atoms with Gasteiger partial charge in [0, 0.05) is 186 Å². The van der Waals surface area contributed by atoms with Crippen LogP contribution in [0.1, 0.15) is 318 Å². The van der Waals surface area contributed by atoms with Gasteiger partial charge in [-0.15, -0.1) is 0 Å². The summed E-state index contributed by atoms with van der Waals surface area (Å²) in [6, 6.07) is -15.5. The molecule has 4 aromatic carbocycles. The predicted molar refractivity (Wildman–Crippen MR) is 471 cm³/mol. The Morgan fingerprint density at radius 2 is 0.542 bits per heavy atom. The first-order valence-corrected chi connectivity index (χ1v) is 38.4. The molecule has 8 aliphatic rings. The van der Waals surface area contributed by atoms with E-state index in [4.69, 9.17) is 162 Å². The van der Waals surface area contributed by atoms with Gasteiger partial charge in [-0.05, 0) is 191 Å². The van der Waals surface area contributed by atoms with E-state index in [1.165, 1.54) is 33.5 Å². The summed E-state index contributed by atoms with van der Waals surface area (Å²) in [6.45, 7) is -29.0. The van der Waals surface area contributed by atoms with Crippen LogP contribution in [0.25, 0.3) is 0 Å². The Balaban J connectivity index is 0.000000267. The summed E-state index contributed by atoms with van der Waals surface area (Å²) >= 11 is 0. The molecule has 0 radical (unpaired) electrons. The Labute approximate surface area is 808 Å². The van der Waals surface area contributed by atoms with E-state index in [1.54, 1.807) is 41.5 Å². The van der Waals surface area contributed by atoms with Gasteiger partial charge in [-0.1, -0.05) is 110 Å². The third kappa shape index (κ3) is 23.8. The van der Waals surface area contributed by atoms with Crippen molar-refractivity contribution in [3.05, 3.63) is 93.0 Å².